The predicted octanol–water partition coefficient (Wildman–Crippen LogP) is 3.90. The molecule has 3 nitrogen and oxygen atoms in total. The Hall–Kier alpha value is -2.00. The van der Waals surface area contributed by atoms with E-state index in [0.717, 1.165) is 11.3 Å². The summed E-state index contributed by atoms with van der Waals surface area (Å²) in [5, 5.41) is 0.399. The van der Waals surface area contributed by atoms with E-state index in [1.165, 1.54) is 0 Å². The number of hydrogen-bond acceptors (Lipinski definition) is 2. The summed E-state index contributed by atoms with van der Waals surface area (Å²) in [4.78, 5) is 14.3. The van der Waals surface area contributed by atoms with Gasteiger partial charge in [-0.05, 0) is 38.1 Å². The maximum Gasteiger partial charge on any atom is 0.260 e. The largest absolute Gasteiger partial charge is 0.397 e. The summed E-state index contributed by atoms with van der Waals surface area (Å²) in [7, 11) is 0. The number of carbonyl (C=O) groups excluding carboxylic acids is 1. The Labute approximate surface area is 124 Å². The van der Waals surface area contributed by atoms with Crippen molar-refractivity contribution in [3.05, 3.63) is 58.6 Å². The Bertz CT molecular complexity index is 623. The molecular weight excluding hydrogens is 272 g/mol. The molecule has 0 aliphatic heterocycles. The highest BCUT2D eigenvalue weighted by molar-refractivity contribution is 6.34. The number of carbonyl (C=O) groups is 1. The molecular formula is C16H17ClN2O. The summed E-state index contributed by atoms with van der Waals surface area (Å²) in [6, 6.07) is 12.9. The van der Waals surface area contributed by atoms with E-state index in [0.29, 0.717) is 22.8 Å². The molecule has 1 amide bonds. The third-order valence-corrected chi connectivity index (χ3v) is 3.52. The predicted molar refractivity (Wildman–Crippen MR) is 84.4 cm³/mol. The van der Waals surface area contributed by atoms with Gasteiger partial charge in [0.2, 0.25) is 0 Å². The van der Waals surface area contributed by atoms with Crippen molar-refractivity contribution in [3.63, 3.8) is 0 Å². The number of benzene rings is 2. The van der Waals surface area contributed by atoms with Gasteiger partial charge in [0.1, 0.15) is 0 Å². The molecule has 0 saturated carbocycles. The Kier molecular flexibility index (Phi) is 4.30. The van der Waals surface area contributed by atoms with Crippen LogP contribution < -0.4 is 10.6 Å². The van der Waals surface area contributed by atoms with Gasteiger partial charge >= 0.3 is 0 Å². The molecule has 0 heterocycles. The Morgan fingerprint density at radius 2 is 1.85 bits per heavy atom. The molecule has 2 rings (SSSR count). The number of nitrogen functional groups attached to an aromatic ring is 1. The van der Waals surface area contributed by atoms with Gasteiger partial charge < -0.3 is 10.6 Å². The number of aryl methyl sites for hydroxylation is 1. The van der Waals surface area contributed by atoms with Gasteiger partial charge in [0, 0.05) is 12.2 Å². The maximum absolute atomic E-state index is 12.6. The molecule has 0 bridgehead atoms. The highest BCUT2D eigenvalue weighted by Crippen LogP contribution is 2.25. The Balaban J connectivity index is 2.39. The molecule has 0 saturated heterocycles. The van der Waals surface area contributed by atoms with E-state index in [2.05, 4.69) is 0 Å². The van der Waals surface area contributed by atoms with Crippen molar-refractivity contribution in [2.75, 3.05) is 17.2 Å². The van der Waals surface area contributed by atoms with E-state index in [4.69, 9.17) is 17.3 Å². The average Bonchev–Trinajstić information content (AvgIpc) is 2.44. The SMILES string of the molecule is CCN(C(=O)c1cccc(Cl)c1N)c1ccc(C)cc1. The van der Waals surface area contributed by atoms with Gasteiger partial charge in [-0.3, -0.25) is 4.79 Å². The van der Waals surface area contributed by atoms with Gasteiger partial charge in [-0.15, -0.1) is 0 Å². The topological polar surface area (TPSA) is 46.3 Å². The quantitative estimate of drug-likeness (QED) is 0.871. The lowest BCUT2D eigenvalue weighted by molar-refractivity contribution is 0.0989. The lowest BCUT2D eigenvalue weighted by Gasteiger charge is -2.22. The van der Waals surface area contributed by atoms with E-state index in [-0.39, 0.29) is 5.91 Å². The number of rotatable bonds is 3. The van der Waals surface area contributed by atoms with Crippen LogP contribution in [0, 0.1) is 6.92 Å². The maximum atomic E-state index is 12.6. The molecule has 4 heteroatoms. The fourth-order valence-corrected chi connectivity index (χ4v) is 2.21. The molecule has 2 aromatic rings. The second kappa shape index (κ2) is 5.97. The van der Waals surface area contributed by atoms with Crippen LogP contribution in [0.2, 0.25) is 5.02 Å². The summed E-state index contributed by atoms with van der Waals surface area (Å²) >= 11 is 5.98. The van der Waals surface area contributed by atoms with Gasteiger partial charge in [0.15, 0.2) is 0 Å². The average molecular weight is 289 g/mol. The molecule has 104 valence electrons. The lowest BCUT2D eigenvalue weighted by atomic mass is 10.1. The number of nitrogens with zero attached hydrogens (tertiary/aromatic N) is 1. The molecule has 0 aromatic heterocycles. The minimum Gasteiger partial charge on any atom is -0.397 e. The molecule has 2 N–H and O–H groups in total. The van der Waals surface area contributed by atoms with E-state index in [9.17, 15) is 4.79 Å². The fourth-order valence-electron chi connectivity index (χ4n) is 2.04. The molecule has 0 aliphatic carbocycles. The lowest BCUT2D eigenvalue weighted by Crippen LogP contribution is -2.31. The normalized spacial score (nSPS) is 10.3. The van der Waals surface area contributed by atoms with Crippen LogP contribution in [0.4, 0.5) is 11.4 Å². The van der Waals surface area contributed by atoms with Crippen molar-refractivity contribution in [1.82, 2.24) is 0 Å². The molecule has 0 unspecified atom stereocenters. The van der Waals surface area contributed by atoms with E-state index < -0.39 is 0 Å². The first-order valence-electron chi connectivity index (χ1n) is 6.47. The van der Waals surface area contributed by atoms with Crippen LogP contribution >= 0.6 is 11.6 Å². The zero-order valence-corrected chi connectivity index (χ0v) is 12.3. The fraction of sp³-hybridized carbons (Fsp3) is 0.188. The first kappa shape index (κ1) is 14.4. The first-order valence-corrected chi connectivity index (χ1v) is 6.85. The molecule has 0 spiro atoms. The highest BCUT2D eigenvalue weighted by Gasteiger charge is 2.19. The third-order valence-electron chi connectivity index (χ3n) is 3.19. The van der Waals surface area contributed by atoms with Crippen LogP contribution in [-0.2, 0) is 0 Å². The third kappa shape index (κ3) is 2.78. The number of nitrogens with two attached hydrogens (primary N) is 1. The highest BCUT2D eigenvalue weighted by atomic mass is 35.5. The number of amides is 1. The second-order valence-electron chi connectivity index (χ2n) is 4.59. The van der Waals surface area contributed by atoms with Crippen molar-refractivity contribution in [3.8, 4) is 0 Å². The van der Waals surface area contributed by atoms with E-state index >= 15 is 0 Å². The molecule has 0 aliphatic rings. The van der Waals surface area contributed by atoms with E-state index in [1.54, 1.807) is 23.1 Å². The molecule has 0 fully saturated rings. The van der Waals surface area contributed by atoms with Gasteiger partial charge in [0.05, 0.1) is 16.3 Å². The smallest absolute Gasteiger partial charge is 0.260 e. The van der Waals surface area contributed by atoms with Gasteiger partial charge in [-0.25, -0.2) is 0 Å². The van der Waals surface area contributed by atoms with Gasteiger partial charge in [-0.1, -0.05) is 35.4 Å². The van der Waals surface area contributed by atoms with Crippen LogP contribution in [0.15, 0.2) is 42.5 Å². The first-order chi connectivity index (χ1) is 9.54. The molecule has 20 heavy (non-hydrogen) atoms. The number of anilines is 2. The zero-order chi connectivity index (χ0) is 14.7. The number of halogens is 1. The van der Waals surface area contributed by atoms with Crippen molar-refractivity contribution in [2.45, 2.75) is 13.8 Å². The van der Waals surface area contributed by atoms with Crippen molar-refractivity contribution < 1.29 is 4.79 Å². The van der Waals surface area contributed by atoms with Crippen LogP contribution in [-0.4, -0.2) is 12.5 Å². The summed E-state index contributed by atoms with van der Waals surface area (Å²) < 4.78 is 0. The minimum absolute atomic E-state index is 0.142. The molecule has 0 radical (unpaired) electrons. The Morgan fingerprint density at radius 3 is 2.45 bits per heavy atom. The summed E-state index contributed by atoms with van der Waals surface area (Å²) in [5.74, 6) is -0.142. The summed E-state index contributed by atoms with van der Waals surface area (Å²) in [5.41, 5.74) is 8.65. The van der Waals surface area contributed by atoms with Crippen molar-refractivity contribution in [2.24, 2.45) is 0 Å². The van der Waals surface area contributed by atoms with Crippen molar-refractivity contribution in [1.29, 1.82) is 0 Å². The number of para-hydroxylation sites is 1. The van der Waals surface area contributed by atoms with Crippen LogP contribution in [0.25, 0.3) is 0 Å². The molecule has 0 atom stereocenters. The number of hydrogen-bond donors (Lipinski definition) is 1. The second-order valence-corrected chi connectivity index (χ2v) is 4.99. The van der Waals surface area contributed by atoms with Gasteiger partial charge in [-0.2, -0.15) is 0 Å². The standard InChI is InChI=1S/C16H17ClN2O/c1-3-19(12-9-7-11(2)8-10-12)16(20)13-5-4-6-14(17)15(13)18/h4-10H,3,18H2,1-2H3. The molecule has 2 aromatic carbocycles. The van der Waals surface area contributed by atoms with Crippen LogP contribution in [0.3, 0.4) is 0 Å². The van der Waals surface area contributed by atoms with Crippen LogP contribution in [0.5, 0.6) is 0 Å². The van der Waals surface area contributed by atoms with Gasteiger partial charge in [0.25, 0.3) is 5.91 Å². The van der Waals surface area contributed by atoms with Crippen LogP contribution in [0.1, 0.15) is 22.8 Å². The van der Waals surface area contributed by atoms with Crippen molar-refractivity contribution >= 4 is 28.9 Å². The van der Waals surface area contributed by atoms with E-state index in [1.807, 2.05) is 38.1 Å². The Morgan fingerprint density at radius 1 is 1.20 bits per heavy atom. The minimum atomic E-state index is -0.142. The summed E-state index contributed by atoms with van der Waals surface area (Å²) in [6.07, 6.45) is 0. The zero-order valence-electron chi connectivity index (χ0n) is 11.6. The summed E-state index contributed by atoms with van der Waals surface area (Å²) in [6.45, 7) is 4.50. The monoisotopic (exact) mass is 288 g/mol.